The number of carbonyl (C=O) groups excluding carboxylic acids is 1. The Kier molecular flexibility index (Phi) is 17.9. The van der Waals surface area contributed by atoms with Crippen LogP contribution in [0.25, 0.3) is 0 Å². The first-order chi connectivity index (χ1) is 33.6. The van der Waals surface area contributed by atoms with Crippen molar-refractivity contribution in [2.45, 2.75) is 90.2 Å². The Morgan fingerprint density at radius 1 is 0.886 bits per heavy atom. The van der Waals surface area contributed by atoms with E-state index in [2.05, 4.69) is 10.7 Å². The molecule has 1 aliphatic heterocycles. The molecule has 0 amide bonds. The lowest BCUT2D eigenvalue weighted by Gasteiger charge is -2.39. The van der Waals surface area contributed by atoms with Crippen molar-refractivity contribution < 1.29 is 51.9 Å². The summed E-state index contributed by atoms with van der Waals surface area (Å²) in [7, 11) is 3.96. The molecule has 0 bridgehead atoms. The predicted octanol–water partition coefficient (Wildman–Crippen LogP) is 8.40. The number of nitriles is 1. The Morgan fingerprint density at radius 2 is 1.46 bits per heavy atom. The van der Waals surface area contributed by atoms with E-state index >= 15 is 0 Å². The fraction of sp³-hybridized carbons (Fsp3) is 0.400. The van der Waals surface area contributed by atoms with Gasteiger partial charge in [0.1, 0.15) is 36.0 Å². The van der Waals surface area contributed by atoms with Gasteiger partial charge < -0.3 is 42.2 Å². The molecule has 1 aromatic heterocycles. The molecular weight excluding hydrogens is 926 g/mol. The monoisotopic (exact) mass is 983 g/mol. The molecule has 1 fully saturated rings. The minimum Gasteiger partial charge on any atom is -0.497 e. The first kappa shape index (κ1) is 52.7. The topological polar surface area (TPSA) is 214 Å². The second-order valence-electron chi connectivity index (χ2n) is 16.7. The van der Waals surface area contributed by atoms with Crippen LogP contribution >= 0.6 is 8.53 Å². The molecule has 5 aromatic rings. The summed E-state index contributed by atoms with van der Waals surface area (Å²) in [6.07, 6.45) is -2.89. The molecule has 0 saturated carbocycles. The van der Waals surface area contributed by atoms with Crippen molar-refractivity contribution in [3.63, 3.8) is 0 Å². The number of nitrogens with zero attached hydrogens (tertiary/aromatic N) is 5. The molecule has 0 aliphatic carbocycles. The lowest BCUT2D eigenvalue weighted by atomic mass is 9.80. The SMILES string of the molecule is COc1ccc(C(OC[C@H]2O[C@@H](n3cc(C)c(=O)n(C(=O)OCc4cc(OC)c(OC)cc4[N+](=O)[O-])c3=O)C[C@@H]2OP(OCCC#N)N(C(C)C)C(C)C)(c2ccccc2)c2ccc(OC)cc2)cc1. The summed E-state index contributed by atoms with van der Waals surface area (Å²) >= 11 is 0. The number of rotatable bonds is 22. The Labute approximate surface area is 407 Å². The van der Waals surface area contributed by atoms with E-state index in [1.807, 2.05) is 107 Å². The molecule has 0 spiro atoms. The van der Waals surface area contributed by atoms with Crippen LogP contribution in [-0.2, 0) is 35.5 Å². The van der Waals surface area contributed by atoms with Crippen molar-refractivity contribution in [2.75, 3.05) is 41.7 Å². The van der Waals surface area contributed by atoms with Gasteiger partial charge in [-0.05, 0) is 81.6 Å². The van der Waals surface area contributed by atoms with E-state index in [-0.39, 0.29) is 60.8 Å². The van der Waals surface area contributed by atoms with Crippen molar-refractivity contribution in [1.29, 1.82) is 5.26 Å². The van der Waals surface area contributed by atoms with Gasteiger partial charge >= 0.3 is 11.8 Å². The van der Waals surface area contributed by atoms with E-state index in [1.165, 1.54) is 33.4 Å². The highest BCUT2D eigenvalue weighted by atomic mass is 31.2. The molecular formula is C50H58N5O14P. The lowest BCUT2D eigenvalue weighted by Crippen LogP contribution is -2.45. The number of carbonyl (C=O) groups is 1. The molecule has 1 saturated heterocycles. The Hall–Kier alpha value is -6.65. The molecule has 0 N–H and O–H groups in total. The van der Waals surface area contributed by atoms with E-state index in [4.69, 9.17) is 42.2 Å². The zero-order valence-electron chi connectivity index (χ0n) is 40.6. The van der Waals surface area contributed by atoms with Crippen LogP contribution < -0.4 is 30.2 Å². The molecule has 0 radical (unpaired) electrons. The first-order valence-electron chi connectivity index (χ1n) is 22.4. The number of hydrogen-bond acceptors (Lipinski definition) is 16. The van der Waals surface area contributed by atoms with Gasteiger partial charge in [-0.3, -0.25) is 19.5 Å². The van der Waals surface area contributed by atoms with Crippen LogP contribution in [0.4, 0.5) is 10.5 Å². The van der Waals surface area contributed by atoms with Crippen LogP contribution in [0, 0.1) is 28.4 Å². The van der Waals surface area contributed by atoms with Gasteiger partial charge in [-0.25, -0.2) is 14.3 Å². The number of aromatic nitrogens is 2. The van der Waals surface area contributed by atoms with Crippen molar-refractivity contribution in [3.05, 3.63) is 156 Å². The molecule has 4 atom stereocenters. The Balaban J connectivity index is 1.43. The third-order valence-electron chi connectivity index (χ3n) is 11.6. The number of methoxy groups -OCH3 is 4. The van der Waals surface area contributed by atoms with Crippen LogP contribution in [0.15, 0.2) is 107 Å². The minimum atomic E-state index is -1.86. The average Bonchev–Trinajstić information content (AvgIpc) is 3.76. The molecule has 4 aromatic carbocycles. The summed E-state index contributed by atoms with van der Waals surface area (Å²) in [5.74, 6) is 1.46. The number of nitro benzene ring substituents is 1. The van der Waals surface area contributed by atoms with E-state index < -0.39 is 67.1 Å². The molecule has 372 valence electrons. The maximum atomic E-state index is 14.5. The fourth-order valence-electron chi connectivity index (χ4n) is 8.29. The fourth-order valence-corrected chi connectivity index (χ4v) is 10.0. The predicted molar refractivity (Wildman–Crippen MR) is 258 cm³/mol. The van der Waals surface area contributed by atoms with Crippen molar-refractivity contribution in [1.82, 2.24) is 13.8 Å². The third kappa shape index (κ3) is 11.5. The van der Waals surface area contributed by atoms with Crippen LogP contribution in [0.2, 0.25) is 0 Å². The van der Waals surface area contributed by atoms with Gasteiger partial charge in [0.15, 0.2) is 11.5 Å². The van der Waals surface area contributed by atoms with E-state index in [0.29, 0.717) is 16.1 Å². The van der Waals surface area contributed by atoms with Crippen LogP contribution in [0.1, 0.15) is 74.6 Å². The molecule has 2 heterocycles. The average molecular weight is 984 g/mol. The molecule has 70 heavy (non-hydrogen) atoms. The number of benzene rings is 4. The number of nitro groups is 1. The van der Waals surface area contributed by atoms with E-state index in [0.717, 1.165) is 27.3 Å². The van der Waals surface area contributed by atoms with Gasteiger partial charge in [0, 0.05) is 30.3 Å². The maximum absolute atomic E-state index is 14.5. The highest BCUT2D eigenvalue weighted by Gasteiger charge is 2.45. The molecule has 1 aliphatic rings. The summed E-state index contributed by atoms with van der Waals surface area (Å²) < 4.78 is 57.8. The van der Waals surface area contributed by atoms with Gasteiger partial charge in [0.2, 0.25) is 0 Å². The second kappa shape index (κ2) is 23.8. The molecule has 1 unspecified atom stereocenters. The number of ether oxygens (including phenoxy) is 7. The maximum Gasteiger partial charge on any atom is 0.425 e. The van der Waals surface area contributed by atoms with Gasteiger partial charge in [-0.2, -0.15) is 9.83 Å². The third-order valence-corrected chi connectivity index (χ3v) is 13.8. The first-order valence-corrected chi connectivity index (χ1v) is 23.5. The quantitative estimate of drug-likeness (QED) is 0.0209. The standard InChI is InChI=1S/C50H58N5O14P/c1-32(2)54(33(3)4)70(67-25-13-24-51)69-44-28-46(52-29-34(5)47(56)53(48(52)57)49(58)65-30-35-26-42(63-8)43(64-9)27-41(35)55(59)60)68-45(44)31-66-50(36-14-11-10-12-15-36,37-16-20-39(61-6)21-17-37)38-18-22-40(62-7)23-19-38/h10-12,14-23,26-27,29,32-33,44-46H,13,25,28,30-31H2,1-9H3/t44-,45+,46+,70?/m0/s1. The largest absolute Gasteiger partial charge is 0.497 e. The second-order valence-corrected chi connectivity index (χ2v) is 18.1. The van der Waals surface area contributed by atoms with E-state index in [1.54, 1.807) is 14.2 Å². The normalized spacial score (nSPS) is 16.2. The van der Waals surface area contributed by atoms with Crippen LogP contribution in [0.3, 0.4) is 0 Å². The van der Waals surface area contributed by atoms with Crippen molar-refractivity contribution >= 4 is 20.3 Å². The van der Waals surface area contributed by atoms with Crippen LogP contribution in [-0.4, -0.2) is 90.8 Å². The number of aryl methyl sites for hydroxylation is 1. The van der Waals surface area contributed by atoms with Gasteiger partial charge in [0.25, 0.3) is 19.8 Å². The summed E-state index contributed by atoms with van der Waals surface area (Å²) in [5.41, 5.74) is -1.61. The van der Waals surface area contributed by atoms with Gasteiger partial charge in [-0.1, -0.05) is 54.6 Å². The summed E-state index contributed by atoms with van der Waals surface area (Å²) in [5, 5.41) is 21.5. The Morgan fingerprint density at radius 3 is 1.99 bits per heavy atom. The molecule has 20 heteroatoms. The highest BCUT2D eigenvalue weighted by Crippen LogP contribution is 2.51. The zero-order chi connectivity index (χ0) is 50.7. The minimum absolute atomic E-state index is 0.00629. The van der Waals surface area contributed by atoms with Gasteiger partial charge in [0.05, 0.1) is 76.8 Å². The number of hydrogen-bond donors (Lipinski definition) is 0. The summed E-state index contributed by atoms with van der Waals surface area (Å²) in [6.45, 7) is 8.69. The highest BCUT2D eigenvalue weighted by molar-refractivity contribution is 7.44. The van der Waals surface area contributed by atoms with Crippen molar-refractivity contribution in [3.8, 4) is 29.1 Å². The summed E-state index contributed by atoms with van der Waals surface area (Å²) in [4.78, 5) is 53.2. The van der Waals surface area contributed by atoms with Crippen LogP contribution in [0.5, 0.6) is 23.0 Å². The summed E-state index contributed by atoms with van der Waals surface area (Å²) in [6, 6.07) is 29.1. The zero-order valence-corrected chi connectivity index (χ0v) is 41.5. The van der Waals surface area contributed by atoms with E-state index in [9.17, 15) is 29.8 Å². The Bertz CT molecular complexity index is 2690. The van der Waals surface area contributed by atoms with Gasteiger partial charge in [-0.15, -0.1) is 0 Å². The van der Waals surface area contributed by atoms with Crippen molar-refractivity contribution in [2.24, 2.45) is 0 Å². The lowest BCUT2D eigenvalue weighted by molar-refractivity contribution is -0.385. The molecule has 6 rings (SSSR count). The molecule has 19 nitrogen and oxygen atoms in total. The smallest absolute Gasteiger partial charge is 0.425 e.